The smallest absolute Gasteiger partial charge is 0.0592 e. The molecule has 0 aromatic heterocycles. The van der Waals surface area contributed by atoms with Gasteiger partial charge in [-0.1, -0.05) is 82.7 Å². The second kappa shape index (κ2) is 8.26. The van der Waals surface area contributed by atoms with E-state index in [1.54, 1.807) is 0 Å². The molecule has 0 amide bonds. The summed E-state index contributed by atoms with van der Waals surface area (Å²) in [5, 5.41) is 0. The monoisotopic (exact) mass is 507 g/mol. The predicted molar refractivity (Wildman–Crippen MR) is 142 cm³/mol. The van der Waals surface area contributed by atoms with E-state index in [4.69, 9.17) is 0 Å². The third-order valence-corrected chi connectivity index (χ3v) is 10.6. The van der Waals surface area contributed by atoms with E-state index in [1.165, 1.54) is 31.0 Å². The average molecular weight is 508 g/mol. The maximum absolute atomic E-state index is 3.68. The number of nitrogens with zero attached hydrogens (tertiary/aromatic N) is 1. The van der Waals surface area contributed by atoms with E-state index >= 15 is 0 Å². The van der Waals surface area contributed by atoms with Crippen molar-refractivity contribution in [3.05, 3.63) is 138 Å². The predicted octanol–water partition coefficient (Wildman–Crippen LogP) is 9.57. The first-order valence-electron chi connectivity index (χ1n) is 11.0. The van der Waals surface area contributed by atoms with Crippen LogP contribution in [0.25, 0.3) is 0 Å². The molecule has 0 atom stereocenters. The molecule has 1 nitrogen and oxygen atoms in total. The molecule has 0 spiro atoms. The van der Waals surface area contributed by atoms with Gasteiger partial charge in [-0.25, -0.2) is 0 Å². The molecule has 160 valence electrons. The fourth-order valence-corrected chi connectivity index (χ4v) is 9.39. The lowest BCUT2D eigenvalue weighted by Gasteiger charge is -2.49. The molecule has 0 saturated heterocycles. The van der Waals surface area contributed by atoms with Crippen molar-refractivity contribution in [3.8, 4) is 0 Å². The van der Waals surface area contributed by atoms with Crippen LogP contribution in [0, 0.1) is 0 Å². The van der Waals surface area contributed by atoms with Gasteiger partial charge in [0.25, 0.3) is 0 Å². The lowest BCUT2D eigenvalue weighted by molar-refractivity contribution is 1.12. The van der Waals surface area contributed by atoms with E-state index in [-0.39, 0.29) is 0 Å². The van der Waals surface area contributed by atoms with Gasteiger partial charge in [-0.2, -0.15) is 0 Å². The van der Waals surface area contributed by atoms with Crippen LogP contribution in [0.1, 0.15) is 0 Å². The summed E-state index contributed by atoms with van der Waals surface area (Å²) in [4.78, 5) is 7.84. The topological polar surface area (TPSA) is 3.24 Å². The van der Waals surface area contributed by atoms with Crippen LogP contribution in [-0.4, -0.2) is 0 Å². The minimum atomic E-state index is -1.68. The highest BCUT2D eigenvalue weighted by atomic mass is 79.9. The molecule has 0 radical (unpaired) electrons. The van der Waals surface area contributed by atoms with Crippen molar-refractivity contribution in [2.45, 2.75) is 19.6 Å². The second-order valence-corrected chi connectivity index (χ2v) is 12.0. The molecule has 0 aliphatic carbocycles. The van der Waals surface area contributed by atoms with Gasteiger partial charge in [-0.3, -0.25) is 0 Å². The van der Waals surface area contributed by atoms with Crippen LogP contribution < -0.4 is 4.90 Å². The summed E-state index contributed by atoms with van der Waals surface area (Å²) in [5.41, 5.74) is 3.62. The van der Waals surface area contributed by atoms with Gasteiger partial charge in [-0.05, 0) is 66.7 Å². The fraction of sp³-hybridized carbons (Fsp3) is 0. The molecule has 1 aliphatic rings. The molecule has 1 heterocycles. The molecular formula is C30H22BrNS. The van der Waals surface area contributed by atoms with Crippen molar-refractivity contribution in [1.82, 2.24) is 0 Å². The summed E-state index contributed by atoms with van der Waals surface area (Å²) in [6.07, 6.45) is 0. The first-order chi connectivity index (χ1) is 16.3. The maximum atomic E-state index is 3.68. The Balaban J connectivity index is 1.77. The van der Waals surface area contributed by atoms with E-state index in [2.05, 4.69) is 154 Å². The normalized spacial score (nSPS) is 14.8. The zero-order chi connectivity index (χ0) is 22.3. The van der Waals surface area contributed by atoms with E-state index in [1.807, 2.05) is 0 Å². The number of fused-ring (bicyclic) bond motifs is 2. The summed E-state index contributed by atoms with van der Waals surface area (Å²) in [6, 6.07) is 48.5. The van der Waals surface area contributed by atoms with Crippen molar-refractivity contribution in [2.24, 2.45) is 0 Å². The van der Waals surface area contributed by atoms with Crippen LogP contribution in [0.2, 0.25) is 0 Å². The van der Waals surface area contributed by atoms with Gasteiger partial charge in [0.2, 0.25) is 0 Å². The highest BCUT2D eigenvalue weighted by Crippen LogP contribution is 2.79. The van der Waals surface area contributed by atoms with E-state index < -0.39 is 10.0 Å². The van der Waals surface area contributed by atoms with Crippen molar-refractivity contribution in [2.75, 3.05) is 4.90 Å². The summed E-state index contributed by atoms with van der Waals surface area (Å²) < 4.78 is 1.07. The standard InChI is InChI=1S/C30H22BrNS/c31-23-12-11-13-24(22-23)32-27-18-7-9-20-29(27)33(25-14-3-1-4-15-25,26-16-5-2-6-17-26)30-21-10-8-19-28(30)32/h1-22H. The van der Waals surface area contributed by atoms with Gasteiger partial charge in [0.05, 0.1) is 11.4 Å². The van der Waals surface area contributed by atoms with Crippen LogP contribution in [0.5, 0.6) is 0 Å². The Kier molecular flexibility index (Phi) is 5.09. The quantitative estimate of drug-likeness (QED) is 0.230. The van der Waals surface area contributed by atoms with Crippen LogP contribution in [0.4, 0.5) is 17.1 Å². The highest BCUT2D eigenvalue weighted by Gasteiger charge is 2.42. The van der Waals surface area contributed by atoms with Gasteiger partial charge in [-0.15, -0.1) is 10.0 Å². The van der Waals surface area contributed by atoms with Crippen LogP contribution in [-0.2, 0) is 0 Å². The number of hydrogen-bond donors (Lipinski definition) is 0. The number of benzene rings is 5. The van der Waals surface area contributed by atoms with E-state index in [0.717, 1.165) is 10.2 Å². The molecule has 0 N–H and O–H groups in total. The Labute approximate surface area is 204 Å². The van der Waals surface area contributed by atoms with E-state index in [9.17, 15) is 0 Å². The number of hydrogen-bond acceptors (Lipinski definition) is 1. The molecule has 33 heavy (non-hydrogen) atoms. The van der Waals surface area contributed by atoms with Gasteiger partial charge in [0.1, 0.15) is 0 Å². The Morgan fingerprint density at radius 3 is 1.48 bits per heavy atom. The van der Waals surface area contributed by atoms with Crippen LogP contribution in [0.15, 0.2) is 158 Å². The van der Waals surface area contributed by atoms with Gasteiger partial charge in [0, 0.05) is 29.7 Å². The van der Waals surface area contributed by atoms with Gasteiger partial charge >= 0.3 is 0 Å². The molecular weight excluding hydrogens is 486 g/mol. The molecule has 5 aromatic carbocycles. The minimum Gasteiger partial charge on any atom is -0.308 e. The average Bonchev–Trinajstić information content (AvgIpc) is 2.88. The zero-order valence-electron chi connectivity index (χ0n) is 17.9. The van der Waals surface area contributed by atoms with Crippen molar-refractivity contribution in [3.63, 3.8) is 0 Å². The van der Waals surface area contributed by atoms with E-state index in [0.29, 0.717) is 0 Å². The maximum Gasteiger partial charge on any atom is 0.0592 e. The number of rotatable bonds is 3. The summed E-state index contributed by atoms with van der Waals surface area (Å²) in [7, 11) is -1.68. The largest absolute Gasteiger partial charge is 0.308 e. The minimum absolute atomic E-state index is 1.07. The number of halogens is 1. The molecule has 5 aromatic rings. The third kappa shape index (κ3) is 3.15. The molecule has 0 unspecified atom stereocenters. The summed E-state index contributed by atoms with van der Waals surface area (Å²) in [6.45, 7) is 0. The lowest BCUT2D eigenvalue weighted by atomic mass is 10.2. The first kappa shape index (κ1) is 20.3. The number of para-hydroxylation sites is 2. The lowest BCUT2D eigenvalue weighted by Crippen LogP contribution is -2.21. The Hall–Kier alpha value is -3.27. The fourth-order valence-electron chi connectivity index (χ4n) is 4.84. The SMILES string of the molecule is Brc1cccc(N2c3ccccc3S(c3ccccc3)(c3ccccc3)c3ccccc32)c1. The molecule has 0 bridgehead atoms. The molecule has 1 aliphatic heterocycles. The Morgan fingerprint density at radius 1 is 0.485 bits per heavy atom. The van der Waals surface area contributed by atoms with Crippen LogP contribution >= 0.6 is 26.0 Å². The zero-order valence-corrected chi connectivity index (χ0v) is 20.3. The Morgan fingerprint density at radius 2 is 0.970 bits per heavy atom. The third-order valence-electron chi connectivity index (χ3n) is 6.13. The summed E-state index contributed by atoms with van der Waals surface area (Å²) >= 11 is 3.68. The van der Waals surface area contributed by atoms with Gasteiger partial charge in [0.15, 0.2) is 0 Å². The van der Waals surface area contributed by atoms with Crippen molar-refractivity contribution in [1.29, 1.82) is 0 Å². The molecule has 6 rings (SSSR count). The van der Waals surface area contributed by atoms with Crippen molar-refractivity contribution < 1.29 is 0 Å². The van der Waals surface area contributed by atoms with Crippen LogP contribution in [0.3, 0.4) is 0 Å². The number of anilines is 3. The molecule has 0 saturated carbocycles. The second-order valence-electron chi connectivity index (χ2n) is 7.99. The van der Waals surface area contributed by atoms with Crippen molar-refractivity contribution >= 4 is 43.0 Å². The molecule has 3 heteroatoms. The first-order valence-corrected chi connectivity index (χ1v) is 13.4. The highest BCUT2D eigenvalue weighted by molar-refractivity contribution is 9.10. The Bertz CT molecular complexity index is 1340. The summed E-state index contributed by atoms with van der Waals surface area (Å²) in [5.74, 6) is 0. The van der Waals surface area contributed by atoms with Gasteiger partial charge < -0.3 is 4.90 Å². The molecule has 0 fully saturated rings.